The molecule has 2 aliphatic rings. The van der Waals surface area contributed by atoms with E-state index in [1.54, 1.807) is 0 Å². The van der Waals surface area contributed by atoms with Crippen LogP contribution in [0.2, 0.25) is 0 Å². The molecule has 0 heterocycles. The molecule has 4 heteroatoms. The summed E-state index contributed by atoms with van der Waals surface area (Å²) in [7, 11) is 1.87. The summed E-state index contributed by atoms with van der Waals surface area (Å²) in [5, 5.41) is 0. The summed E-state index contributed by atoms with van der Waals surface area (Å²) in [5.74, 6) is 1.09. The predicted molar refractivity (Wildman–Crippen MR) is 73.0 cm³/mol. The molecular formula is C15H20F2N2. The summed E-state index contributed by atoms with van der Waals surface area (Å²) in [5.41, 5.74) is 6.24. The zero-order valence-electron chi connectivity index (χ0n) is 11.2. The molecule has 2 bridgehead atoms. The number of fused-ring (bicyclic) bond motifs is 2. The maximum atomic E-state index is 13.5. The van der Waals surface area contributed by atoms with Crippen molar-refractivity contribution in [2.24, 2.45) is 17.8 Å². The molecule has 0 amide bonds. The molecule has 2 N–H and O–H groups in total. The van der Waals surface area contributed by atoms with E-state index in [9.17, 15) is 8.78 Å². The third kappa shape index (κ3) is 2.28. The van der Waals surface area contributed by atoms with Crippen molar-refractivity contribution in [3.63, 3.8) is 0 Å². The van der Waals surface area contributed by atoms with Gasteiger partial charge in [-0.3, -0.25) is 0 Å². The second-order valence-electron chi connectivity index (χ2n) is 6.14. The van der Waals surface area contributed by atoms with Gasteiger partial charge in [-0.15, -0.1) is 0 Å². The molecule has 0 aliphatic heterocycles. The van der Waals surface area contributed by atoms with Gasteiger partial charge in [0.2, 0.25) is 0 Å². The van der Waals surface area contributed by atoms with E-state index in [4.69, 9.17) is 5.73 Å². The SMILES string of the molecule is CN(CC1CC2CCC1C2)c1cc(F)cc(F)c1N. The molecule has 2 aliphatic carbocycles. The minimum atomic E-state index is -0.671. The number of nitrogens with two attached hydrogens (primary N) is 1. The molecule has 2 fully saturated rings. The van der Waals surface area contributed by atoms with Crippen LogP contribution in [0.1, 0.15) is 25.7 Å². The van der Waals surface area contributed by atoms with Gasteiger partial charge in [-0.1, -0.05) is 6.42 Å². The van der Waals surface area contributed by atoms with Crippen LogP contribution >= 0.6 is 0 Å². The van der Waals surface area contributed by atoms with Crippen LogP contribution < -0.4 is 10.6 Å². The Morgan fingerprint density at radius 1 is 1.26 bits per heavy atom. The predicted octanol–water partition coefficient (Wildman–Crippen LogP) is 3.42. The van der Waals surface area contributed by atoms with Crippen molar-refractivity contribution >= 4 is 11.4 Å². The minimum absolute atomic E-state index is 0.0482. The molecule has 0 aromatic heterocycles. The van der Waals surface area contributed by atoms with Crippen LogP contribution in [-0.4, -0.2) is 13.6 Å². The highest BCUT2D eigenvalue weighted by Crippen LogP contribution is 2.48. The molecule has 0 saturated heterocycles. The maximum absolute atomic E-state index is 13.5. The number of benzene rings is 1. The Kier molecular flexibility index (Phi) is 3.11. The smallest absolute Gasteiger partial charge is 0.151 e. The van der Waals surface area contributed by atoms with Crippen LogP contribution in [-0.2, 0) is 0 Å². The van der Waals surface area contributed by atoms with Crippen LogP contribution in [0.3, 0.4) is 0 Å². The Hall–Kier alpha value is -1.32. The number of halogens is 2. The van der Waals surface area contributed by atoms with Crippen molar-refractivity contribution < 1.29 is 8.78 Å². The van der Waals surface area contributed by atoms with E-state index in [1.807, 2.05) is 11.9 Å². The van der Waals surface area contributed by atoms with Crippen LogP contribution in [0.4, 0.5) is 20.2 Å². The van der Waals surface area contributed by atoms with E-state index in [0.717, 1.165) is 24.4 Å². The van der Waals surface area contributed by atoms with Gasteiger partial charge in [-0.05, 0) is 43.1 Å². The van der Waals surface area contributed by atoms with Gasteiger partial charge >= 0.3 is 0 Å². The first kappa shape index (κ1) is 12.7. The number of anilines is 2. The van der Waals surface area contributed by atoms with Crippen molar-refractivity contribution in [1.29, 1.82) is 0 Å². The molecule has 0 radical (unpaired) electrons. The summed E-state index contributed by atoms with van der Waals surface area (Å²) >= 11 is 0. The first-order valence-corrected chi connectivity index (χ1v) is 7.00. The first-order chi connectivity index (χ1) is 9.04. The molecule has 0 spiro atoms. The summed E-state index contributed by atoms with van der Waals surface area (Å²) in [6.07, 6.45) is 5.27. The van der Waals surface area contributed by atoms with Crippen LogP contribution in [0.5, 0.6) is 0 Å². The van der Waals surface area contributed by atoms with Gasteiger partial charge in [0.1, 0.15) is 5.82 Å². The summed E-state index contributed by atoms with van der Waals surface area (Å²) in [6, 6.07) is 2.16. The average molecular weight is 266 g/mol. The molecule has 3 unspecified atom stereocenters. The fraction of sp³-hybridized carbons (Fsp3) is 0.600. The average Bonchev–Trinajstić information content (AvgIpc) is 2.95. The second kappa shape index (κ2) is 4.66. The van der Waals surface area contributed by atoms with Crippen molar-refractivity contribution in [3.05, 3.63) is 23.8 Å². The van der Waals surface area contributed by atoms with Gasteiger partial charge in [-0.25, -0.2) is 8.78 Å². The summed E-state index contributed by atoms with van der Waals surface area (Å²) < 4.78 is 26.8. The highest BCUT2D eigenvalue weighted by Gasteiger charge is 2.39. The molecule has 3 atom stereocenters. The summed E-state index contributed by atoms with van der Waals surface area (Å²) in [6.45, 7) is 0.842. The summed E-state index contributed by atoms with van der Waals surface area (Å²) in [4.78, 5) is 1.91. The zero-order valence-corrected chi connectivity index (χ0v) is 11.2. The lowest BCUT2D eigenvalue weighted by molar-refractivity contribution is 0.337. The van der Waals surface area contributed by atoms with Crippen LogP contribution in [0.25, 0.3) is 0 Å². The quantitative estimate of drug-likeness (QED) is 0.849. The van der Waals surface area contributed by atoms with E-state index in [0.29, 0.717) is 11.6 Å². The van der Waals surface area contributed by atoms with Crippen LogP contribution in [0, 0.1) is 29.4 Å². The van der Waals surface area contributed by atoms with Crippen molar-refractivity contribution in [2.75, 3.05) is 24.2 Å². The van der Waals surface area contributed by atoms with Gasteiger partial charge in [0, 0.05) is 19.7 Å². The number of nitrogen functional groups attached to an aromatic ring is 1. The normalized spacial score (nSPS) is 28.9. The van der Waals surface area contributed by atoms with Crippen LogP contribution in [0.15, 0.2) is 12.1 Å². The fourth-order valence-corrected chi connectivity index (χ4v) is 3.94. The van der Waals surface area contributed by atoms with E-state index >= 15 is 0 Å². The number of nitrogens with zero attached hydrogens (tertiary/aromatic N) is 1. The van der Waals surface area contributed by atoms with Gasteiger partial charge in [-0.2, -0.15) is 0 Å². The molecular weight excluding hydrogens is 246 g/mol. The lowest BCUT2D eigenvalue weighted by Crippen LogP contribution is -2.29. The van der Waals surface area contributed by atoms with Gasteiger partial charge in [0.15, 0.2) is 5.82 Å². The molecule has 2 nitrogen and oxygen atoms in total. The molecule has 3 rings (SSSR count). The monoisotopic (exact) mass is 266 g/mol. The standard InChI is InChI=1S/C15H20F2N2/c1-19(8-11-5-9-2-3-10(11)4-9)14-7-12(16)6-13(17)15(14)18/h6-7,9-11H,2-5,8,18H2,1H3. The molecule has 2 saturated carbocycles. The highest BCUT2D eigenvalue weighted by atomic mass is 19.1. The third-order valence-corrected chi connectivity index (χ3v) is 4.88. The molecule has 104 valence electrons. The lowest BCUT2D eigenvalue weighted by atomic mass is 9.88. The Bertz CT molecular complexity index is 489. The van der Waals surface area contributed by atoms with Crippen molar-refractivity contribution in [1.82, 2.24) is 0 Å². The van der Waals surface area contributed by atoms with E-state index in [1.165, 1.54) is 31.7 Å². The fourth-order valence-electron chi connectivity index (χ4n) is 3.94. The Morgan fingerprint density at radius 3 is 2.68 bits per heavy atom. The minimum Gasteiger partial charge on any atom is -0.395 e. The number of rotatable bonds is 3. The van der Waals surface area contributed by atoms with E-state index in [-0.39, 0.29) is 5.69 Å². The zero-order chi connectivity index (χ0) is 13.6. The first-order valence-electron chi connectivity index (χ1n) is 7.00. The number of hydrogen-bond acceptors (Lipinski definition) is 2. The van der Waals surface area contributed by atoms with E-state index in [2.05, 4.69) is 0 Å². The third-order valence-electron chi connectivity index (χ3n) is 4.88. The molecule has 19 heavy (non-hydrogen) atoms. The Labute approximate surface area is 112 Å². The second-order valence-corrected chi connectivity index (χ2v) is 6.14. The highest BCUT2D eigenvalue weighted by molar-refractivity contribution is 5.68. The molecule has 1 aromatic carbocycles. The maximum Gasteiger partial charge on any atom is 0.151 e. The topological polar surface area (TPSA) is 29.3 Å². The Morgan fingerprint density at radius 2 is 2.05 bits per heavy atom. The molecule has 1 aromatic rings. The van der Waals surface area contributed by atoms with Gasteiger partial charge < -0.3 is 10.6 Å². The Balaban J connectivity index is 1.75. The largest absolute Gasteiger partial charge is 0.395 e. The van der Waals surface area contributed by atoms with E-state index < -0.39 is 11.6 Å². The van der Waals surface area contributed by atoms with Gasteiger partial charge in [0.05, 0.1) is 11.4 Å². The van der Waals surface area contributed by atoms with Gasteiger partial charge in [0.25, 0.3) is 0 Å². The number of hydrogen-bond donors (Lipinski definition) is 1. The van der Waals surface area contributed by atoms with Crippen molar-refractivity contribution in [3.8, 4) is 0 Å². The lowest BCUT2D eigenvalue weighted by Gasteiger charge is -2.29. The van der Waals surface area contributed by atoms with Crippen molar-refractivity contribution in [2.45, 2.75) is 25.7 Å².